The molecule has 2 nitrogen and oxygen atoms in total. The highest BCUT2D eigenvalue weighted by molar-refractivity contribution is 6.09. The van der Waals surface area contributed by atoms with Crippen LogP contribution in [0, 0.1) is 0 Å². The zero-order valence-corrected chi connectivity index (χ0v) is 35.3. The number of aromatic nitrogens is 1. The minimum atomic E-state index is -0.229. The van der Waals surface area contributed by atoms with E-state index in [1.807, 2.05) is 0 Å². The van der Waals surface area contributed by atoms with Gasteiger partial charge in [0.15, 0.2) is 0 Å². The van der Waals surface area contributed by atoms with Gasteiger partial charge in [-0.15, -0.1) is 0 Å². The van der Waals surface area contributed by atoms with Gasteiger partial charge in [-0.2, -0.15) is 0 Å². The Balaban J connectivity index is 0.955. The average molecular weight is 805 g/mol. The van der Waals surface area contributed by atoms with Crippen LogP contribution in [-0.4, -0.2) is 4.57 Å². The highest BCUT2D eigenvalue weighted by atomic mass is 15.1. The predicted molar refractivity (Wildman–Crippen MR) is 267 cm³/mol. The molecule has 12 rings (SSSR count). The second-order valence-electron chi connectivity index (χ2n) is 17.4. The maximum atomic E-state index is 2.44. The Labute approximate surface area is 368 Å². The number of hydrogen-bond donors (Lipinski definition) is 0. The van der Waals surface area contributed by atoms with Crippen LogP contribution in [0.4, 0.5) is 17.1 Å². The van der Waals surface area contributed by atoms with Gasteiger partial charge in [0.25, 0.3) is 0 Å². The maximum Gasteiger partial charge on any atom is 0.0541 e. The second kappa shape index (κ2) is 14.6. The van der Waals surface area contributed by atoms with E-state index >= 15 is 0 Å². The van der Waals surface area contributed by atoms with E-state index in [1.165, 1.54) is 93.9 Å². The number of fused-ring (bicyclic) bond motifs is 7. The lowest BCUT2D eigenvalue weighted by atomic mass is 9.82. The molecule has 0 bridgehead atoms. The van der Waals surface area contributed by atoms with E-state index in [1.54, 1.807) is 0 Å². The largest absolute Gasteiger partial charge is 0.310 e. The topological polar surface area (TPSA) is 8.17 Å². The van der Waals surface area contributed by atoms with Gasteiger partial charge in [-0.05, 0) is 133 Å². The summed E-state index contributed by atoms with van der Waals surface area (Å²) in [5.74, 6) is 0. The Hall–Kier alpha value is -7.94. The van der Waals surface area contributed by atoms with E-state index in [0.717, 1.165) is 17.1 Å². The Morgan fingerprint density at radius 2 is 0.825 bits per heavy atom. The average Bonchev–Trinajstić information content (AvgIpc) is 3.80. The number of rotatable bonds is 7. The van der Waals surface area contributed by atoms with E-state index in [2.05, 4.69) is 254 Å². The van der Waals surface area contributed by atoms with Crippen molar-refractivity contribution >= 4 is 49.6 Å². The number of hydrogen-bond acceptors (Lipinski definition) is 1. The quantitative estimate of drug-likeness (QED) is 0.156. The molecule has 0 saturated carbocycles. The van der Waals surface area contributed by atoms with Gasteiger partial charge in [-0.1, -0.05) is 178 Å². The SMILES string of the molecule is CC1(C)c2cc(N(c3ccc(-c4cccc(-c5ccccc5)c4)cc3)c3ccc(-c4cccc5ccccc45)cc3)ccc2-c2ccc(-n3c4ccccc4c4ccccc43)cc21. The van der Waals surface area contributed by atoms with E-state index in [0.29, 0.717) is 0 Å². The molecule has 1 aliphatic rings. The smallest absolute Gasteiger partial charge is 0.0541 e. The molecule has 1 heterocycles. The molecule has 1 aromatic heterocycles. The highest BCUT2D eigenvalue weighted by Crippen LogP contribution is 2.52. The van der Waals surface area contributed by atoms with Gasteiger partial charge in [-0.25, -0.2) is 0 Å². The predicted octanol–water partition coefficient (Wildman–Crippen LogP) is 16.7. The number of nitrogens with zero attached hydrogens (tertiary/aromatic N) is 2. The molecule has 11 aromatic rings. The van der Waals surface area contributed by atoms with Gasteiger partial charge < -0.3 is 9.47 Å². The number of benzene rings is 10. The van der Waals surface area contributed by atoms with Crippen LogP contribution >= 0.6 is 0 Å². The third kappa shape index (κ3) is 6.09. The highest BCUT2D eigenvalue weighted by Gasteiger charge is 2.36. The first-order chi connectivity index (χ1) is 31.0. The molecule has 298 valence electrons. The van der Waals surface area contributed by atoms with Gasteiger partial charge in [0.05, 0.1) is 11.0 Å². The monoisotopic (exact) mass is 804 g/mol. The van der Waals surface area contributed by atoms with Crippen molar-refractivity contribution in [3.63, 3.8) is 0 Å². The molecule has 0 saturated heterocycles. The summed E-state index contributed by atoms with van der Waals surface area (Å²) < 4.78 is 2.43. The Kier molecular flexibility index (Phi) is 8.55. The van der Waals surface area contributed by atoms with Crippen LogP contribution in [0.25, 0.3) is 82.8 Å². The fourth-order valence-corrected chi connectivity index (χ4v) is 10.2. The van der Waals surface area contributed by atoms with Gasteiger partial charge in [0.1, 0.15) is 0 Å². The molecule has 0 aliphatic heterocycles. The molecular formula is C61H44N2. The van der Waals surface area contributed by atoms with Crippen molar-refractivity contribution in [3.05, 3.63) is 242 Å². The summed E-state index contributed by atoms with van der Waals surface area (Å²) in [7, 11) is 0. The van der Waals surface area contributed by atoms with Crippen LogP contribution < -0.4 is 4.90 Å². The van der Waals surface area contributed by atoms with Crippen LogP contribution in [0.3, 0.4) is 0 Å². The lowest BCUT2D eigenvalue weighted by Gasteiger charge is -2.28. The van der Waals surface area contributed by atoms with Crippen molar-refractivity contribution in [1.29, 1.82) is 0 Å². The van der Waals surface area contributed by atoms with Crippen LogP contribution in [0.5, 0.6) is 0 Å². The van der Waals surface area contributed by atoms with Gasteiger partial charge in [0.2, 0.25) is 0 Å². The normalized spacial score (nSPS) is 12.7. The van der Waals surface area contributed by atoms with Gasteiger partial charge >= 0.3 is 0 Å². The van der Waals surface area contributed by atoms with Crippen molar-refractivity contribution in [2.75, 3.05) is 4.90 Å². The molecule has 0 spiro atoms. The summed E-state index contributed by atoms with van der Waals surface area (Å²) in [4.78, 5) is 2.42. The summed E-state index contributed by atoms with van der Waals surface area (Å²) in [6.45, 7) is 4.78. The zero-order chi connectivity index (χ0) is 42.1. The zero-order valence-electron chi connectivity index (χ0n) is 35.3. The van der Waals surface area contributed by atoms with Crippen molar-refractivity contribution < 1.29 is 0 Å². The molecule has 63 heavy (non-hydrogen) atoms. The lowest BCUT2D eigenvalue weighted by Crippen LogP contribution is -2.17. The molecule has 0 atom stereocenters. The van der Waals surface area contributed by atoms with Crippen LogP contribution in [0.1, 0.15) is 25.0 Å². The molecule has 0 N–H and O–H groups in total. The second-order valence-corrected chi connectivity index (χ2v) is 17.4. The van der Waals surface area contributed by atoms with Crippen molar-refractivity contribution in [1.82, 2.24) is 4.57 Å². The minimum absolute atomic E-state index is 0.229. The standard InChI is InChI=1S/C61H44N2/c1-61(2)57-39-49(34-36-53(57)54-37-35-50(40-58(54)61)63-59-24-10-8-21-55(59)56-22-9-11-25-60(56)63)62(48-32-28-44(29-33-48)52-23-13-17-43-16-6-7-20-51(43)52)47-30-26-42(27-31-47)46-19-12-18-45(38-46)41-14-4-3-5-15-41/h3-40H,1-2H3. The van der Waals surface area contributed by atoms with Crippen LogP contribution in [0.2, 0.25) is 0 Å². The third-order valence-corrected chi connectivity index (χ3v) is 13.4. The first-order valence-corrected chi connectivity index (χ1v) is 21.9. The van der Waals surface area contributed by atoms with Crippen molar-refractivity contribution in [3.8, 4) is 50.2 Å². The molecule has 0 radical (unpaired) electrons. The first kappa shape index (κ1) is 36.9. The van der Waals surface area contributed by atoms with Gasteiger partial charge in [-0.3, -0.25) is 0 Å². The number of para-hydroxylation sites is 2. The summed E-state index contributed by atoms with van der Waals surface area (Å²) in [6, 6.07) is 84.6. The Bertz CT molecular complexity index is 3460. The summed E-state index contributed by atoms with van der Waals surface area (Å²) in [5.41, 5.74) is 19.3. The lowest BCUT2D eigenvalue weighted by molar-refractivity contribution is 0.660. The maximum absolute atomic E-state index is 2.44. The summed E-state index contributed by atoms with van der Waals surface area (Å²) in [6.07, 6.45) is 0. The van der Waals surface area contributed by atoms with E-state index < -0.39 is 0 Å². The number of anilines is 3. The fraction of sp³-hybridized carbons (Fsp3) is 0.0492. The van der Waals surface area contributed by atoms with Crippen LogP contribution in [-0.2, 0) is 5.41 Å². The third-order valence-electron chi connectivity index (χ3n) is 13.4. The summed E-state index contributed by atoms with van der Waals surface area (Å²) in [5, 5.41) is 5.07. The van der Waals surface area contributed by atoms with Crippen molar-refractivity contribution in [2.24, 2.45) is 0 Å². The minimum Gasteiger partial charge on any atom is -0.310 e. The summed E-state index contributed by atoms with van der Waals surface area (Å²) >= 11 is 0. The van der Waals surface area contributed by atoms with E-state index in [9.17, 15) is 0 Å². The molecule has 2 heteroatoms. The molecule has 1 aliphatic carbocycles. The van der Waals surface area contributed by atoms with E-state index in [4.69, 9.17) is 0 Å². The fourth-order valence-electron chi connectivity index (χ4n) is 10.2. The van der Waals surface area contributed by atoms with E-state index in [-0.39, 0.29) is 5.41 Å². The molecule has 0 unspecified atom stereocenters. The molecule has 10 aromatic carbocycles. The Morgan fingerprint density at radius 3 is 1.51 bits per heavy atom. The Morgan fingerprint density at radius 1 is 0.333 bits per heavy atom. The molecular weight excluding hydrogens is 761 g/mol. The van der Waals surface area contributed by atoms with Crippen molar-refractivity contribution in [2.45, 2.75) is 19.3 Å². The molecule has 0 fully saturated rings. The molecule has 0 amide bonds. The van der Waals surface area contributed by atoms with Crippen LogP contribution in [0.15, 0.2) is 231 Å². The first-order valence-electron chi connectivity index (χ1n) is 21.9. The van der Waals surface area contributed by atoms with Gasteiger partial charge in [0, 0.05) is 38.9 Å².